The predicted octanol–water partition coefficient (Wildman–Crippen LogP) is 3.80. The molecule has 0 radical (unpaired) electrons. The third kappa shape index (κ3) is 6.21. The monoisotopic (exact) mass is 378 g/mol. The third-order valence-corrected chi connectivity index (χ3v) is 4.36. The Morgan fingerprint density at radius 2 is 1.68 bits per heavy atom. The first-order valence-electron chi connectivity index (χ1n) is 9.09. The number of hydrogen-bond donors (Lipinski definition) is 2. The Morgan fingerprint density at radius 3 is 2.25 bits per heavy atom. The van der Waals surface area contributed by atoms with Gasteiger partial charge in [0.15, 0.2) is 5.78 Å². The van der Waals surface area contributed by atoms with E-state index in [9.17, 15) is 9.59 Å². The number of hydrogen-bond acceptors (Lipinski definition) is 4. The van der Waals surface area contributed by atoms with E-state index < -0.39 is 5.91 Å². The van der Waals surface area contributed by atoms with Crippen molar-refractivity contribution in [2.45, 2.75) is 13.3 Å². The second-order valence-electron chi connectivity index (χ2n) is 6.81. The van der Waals surface area contributed by atoms with Gasteiger partial charge in [0.25, 0.3) is 5.91 Å². The number of rotatable bonds is 8. The summed E-state index contributed by atoms with van der Waals surface area (Å²) >= 11 is 0. The van der Waals surface area contributed by atoms with E-state index in [-0.39, 0.29) is 11.7 Å². The van der Waals surface area contributed by atoms with Crippen molar-refractivity contribution < 1.29 is 14.8 Å². The van der Waals surface area contributed by atoms with Gasteiger partial charge < -0.3 is 4.90 Å². The van der Waals surface area contributed by atoms with E-state index in [1.165, 1.54) is 6.08 Å². The molecule has 146 valence electrons. The molecule has 28 heavy (non-hydrogen) atoms. The van der Waals surface area contributed by atoms with Gasteiger partial charge in [0.05, 0.1) is 0 Å². The van der Waals surface area contributed by atoms with Crippen molar-refractivity contribution in [3.63, 3.8) is 0 Å². The number of hydroxylamine groups is 1. The number of nitrogens with one attached hydrogen (secondary N) is 1. The van der Waals surface area contributed by atoms with Crippen LogP contribution in [-0.2, 0) is 11.2 Å². The topological polar surface area (TPSA) is 69.6 Å². The predicted molar refractivity (Wildman–Crippen MR) is 112 cm³/mol. The lowest BCUT2D eigenvalue weighted by molar-refractivity contribution is -0.124. The number of ketones is 1. The van der Waals surface area contributed by atoms with Crippen LogP contribution in [0.1, 0.15) is 22.8 Å². The SMILES string of the molecule is C[C@H](C=C(C=CC(=O)NO)Cc1ccccc1)C(=O)c1ccc(N(C)C)cc1. The molecule has 0 spiro atoms. The van der Waals surface area contributed by atoms with Crippen molar-refractivity contribution in [1.29, 1.82) is 0 Å². The maximum absolute atomic E-state index is 12.8. The Morgan fingerprint density at radius 1 is 1.04 bits per heavy atom. The molecule has 0 bridgehead atoms. The molecule has 2 aromatic rings. The Bertz CT molecular complexity index is 853. The van der Waals surface area contributed by atoms with Gasteiger partial charge in [-0.25, -0.2) is 5.48 Å². The van der Waals surface area contributed by atoms with Crippen LogP contribution < -0.4 is 10.4 Å². The van der Waals surface area contributed by atoms with Gasteiger partial charge in [-0.05, 0) is 41.8 Å². The van der Waals surface area contributed by atoms with E-state index >= 15 is 0 Å². The summed E-state index contributed by atoms with van der Waals surface area (Å²) in [5.41, 5.74) is 5.14. The molecule has 5 nitrogen and oxygen atoms in total. The Kier molecular flexibility index (Phi) is 7.72. The van der Waals surface area contributed by atoms with Gasteiger partial charge in [-0.3, -0.25) is 14.8 Å². The van der Waals surface area contributed by atoms with Crippen molar-refractivity contribution in [1.82, 2.24) is 5.48 Å². The number of nitrogens with zero attached hydrogens (tertiary/aromatic N) is 1. The van der Waals surface area contributed by atoms with Gasteiger partial charge in [-0.2, -0.15) is 0 Å². The molecule has 0 aliphatic rings. The van der Waals surface area contributed by atoms with Gasteiger partial charge >= 0.3 is 0 Å². The summed E-state index contributed by atoms with van der Waals surface area (Å²) in [5, 5.41) is 8.69. The second kappa shape index (κ2) is 10.2. The van der Waals surface area contributed by atoms with Crippen LogP contribution in [0.3, 0.4) is 0 Å². The Hall–Kier alpha value is -3.18. The second-order valence-corrected chi connectivity index (χ2v) is 6.81. The fourth-order valence-electron chi connectivity index (χ4n) is 2.81. The molecule has 0 heterocycles. The average Bonchev–Trinajstić information content (AvgIpc) is 2.71. The van der Waals surface area contributed by atoms with Crippen LogP contribution in [0.15, 0.2) is 78.4 Å². The normalized spacial score (nSPS) is 12.6. The standard InChI is InChI=1S/C23H26N2O3/c1-17(23(27)20-10-12-21(13-11-20)25(2)3)15-19(9-14-22(26)24-28)16-18-7-5-4-6-8-18/h4-15,17,28H,16H2,1-3H3,(H,24,26)/t17-/m1/s1. The zero-order valence-corrected chi connectivity index (χ0v) is 16.4. The molecule has 0 aromatic heterocycles. The van der Waals surface area contributed by atoms with Crippen LogP contribution in [0.2, 0.25) is 0 Å². The zero-order valence-electron chi connectivity index (χ0n) is 16.4. The molecule has 0 aliphatic carbocycles. The van der Waals surface area contributed by atoms with Crippen molar-refractivity contribution in [2.24, 2.45) is 5.92 Å². The summed E-state index contributed by atoms with van der Waals surface area (Å²) in [7, 11) is 3.90. The smallest absolute Gasteiger partial charge is 0.267 e. The quantitative estimate of drug-likeness (QED) is 0.241. The summed E-state index contributed by atoms with van der Waals surface area (Å²) in [6.07, 6.45) is 5.30. The minimum absolute atomic E-state index is 0.0101. The first kappa shape index (κ1) is 21.1. The highest BCUT2D eigenvalue weighted by Crippen LogP contribution is 2.18. The number of carbonyl (C=O) groups is 2. The molecular weight excluding hydrogens is 352 g/mol. The molecule has 0 aliphatic heterocycles. The van der Waals surface area contributed by atoms with E-state index in [1.807, 2.05) is 86.6 Å². The molecule has 0 unspecified atom stereocenters. The lowest BCUT2D eigenvalue weighted by atomic mass is 9.94. The summed E-state index contributed by atoms with van der Waals surface area (Å²) in [5.74, 6) is -0.959. The van der Waals surface area contributed by atoms with Gasteiger partial charge in [0.1, 0.15) is 0 Å². The fraction of sp³-hybridized carbons (Fsp3) is 0.217. The lowest BCUT2D eigenvalue weighted by Gasteiger charge is -2.13. The third-order valence-electron chi connectivity index (χ3n) is 4.36. The van der Waals surface area contributed by atoms with Crippen LogP contribution in [0.25, 0.3) is 0 Å². The number of Topliss-reactive ketones (excluding diaryl/α,β-unsaturated/α-hetero) is 1. The van der Waals surface area contributed by atoms with Crippen molar-refractivity contribution in [3.8, 4) is 0 Å². The van der Waals surface area contributed by atoms with E-state index in [1.54, 1.807) is 11.6 Å². The van der Waals surface area contributed by atoms with E-state index in [0.29, 0.717) is 12.0 Å². The van der Waals surface area contributed by atoms with Crippen LogP contribution >= 0.6 is 0 Å². The van der Waals surface area contributed by atoms with E-state index in [4.69, 9.17) is 5.21 Å². The van der Waals surface area contributed by atoms with Gasteiger partial charge in [0, 0.05) is 37.3 Å². The van der Waals surface area contributed by atoms with Crippen LogP contribution in [-0.4, -0.2) is 31.0 Å². The molecular formula is C23H26N2O3. The molecule has 0 saturated carbocycles. The van der Waals surface area contributed by atoms with Crippen molar-refractivity contribution in [3.05, 3.63) is 89.5 Å². The van der Waals surface area contributed by atoms with Gasteiger partial charge in [-0.1, -0.05) is 49.4 Å². The van der Waals surface area contributed by atoms with Crippen LogP contribution in [0.4, 0.5) is 5.69 Å². The Labute approximate surface area is 166 Å². The van der Waals surface area contributed by atoms with Gasteiger partial charge in [0.2, 0.25) is 0 Å². The maximum Gasteiger partial charge on any atom is 0.267 e. The van der Waals surface area contributed by atoms with Crippen LogP contribution in [0, 0.1) is 5.92 Å². The van der Waals surface area contributed by atoms with Crippen molar-refractivity contribution >= 4 is 17.4 Å². The molecule has 2 rings (SSSR count). The molecule has 2 N–H and O–H groups in total. The average molecular weight is 378 g/mol. The van der Waals surface area contributed by atoms with E-state index in [2.05, 4.69) is 0 Å². The molecule has 0 fully saturated rings. The summed E-state index contributed by atoms with van der Waals surface area (Å²) in [6, 6.07) is 17.3. The number of anilines is 1. The first-order chi connectivity index (χ1) is 13.4. The minimum atomic E-state index is -0.614. The Balaban J connectivity index is 2.23. The summed E-state index contributed by atoms with van der Waals surface area (Å²) in [6.45, 7) is 1.84. The highest BCUT2D eigenvalue weighted by molar-refractivity contribution is 5.99. The molecule has 5 heteroatoms. The molecule has 0 saturated heterocycles. The zero-order chi connectivity index (χ0) is 20.5. The number of carbonyl (C=O) groups excluding carboxylic acids is 2. The number of benzene rings is 2. The lowest BCUT2D eigenvalue weighted by Crippen LogP contribution is -2.15. The van der Waals surface area contributed by atoms with Gasteiger partial charge in [-0.15, -0.1) is 0 Å². The summed E-state index contributed by atoms with van der Waals surface area (Å²) in [4.78, 5) is 26.1. The summed E-state index contributed by atoms with van der Waals surface area (Å²) < 4.78 is 0. The first-order valence-corrected chi connectivity index (χ1v) is 9.09. The molecule has 1 atom stereocenters. The van der Waals surface area contributed by atoms with Crippen LogP contribution in [0.5, 0.6) is 0 Å². The van der Waals surface area contributed by atoms with Crippen molar-refractivity contribution in [2.75, 3.05) is 19.0 Å². The fourth-order valence-corrected chi connectivity index (χ4v) is 2.81. The largest absolute Gasteiger partial charge is 0.378 e. The highest BCUT2D eigenvalue weighted by atomic mass is 16.5. The minimum Gasteiger partial charge on any atom is -0.378 e. The number of allylic oxidation sites excluding steroid dienone is 3. The number of amides is 1. The maximum atomic E-state index is 12.8. The highest BCUT2D eigenvalue weighted by Gasteiger charge is 2.14. The van der Waals surface area contributed by atoms with E-state index in [0.717, 1.165) is 16.8 Å². The molecule has 1 amide bonds. The molecule has 2 aromatic carbocycles.